The Hall–Kier alpha value is -1.36. The molecule has 1 amide bonds. The summed E-state index contributed by atoms with van der Waals surface area (Å²) in [5.41, 5.74) is 1.21. The summed E-state index contributed by atoms with van der Waals surface area (Å²) in [5.74, 6) is -0.124. The maximum atomic E-state index is 12.2. The highest BCUT2D eigenvalue weighted by Crippen LogP contribution is 2.19. The van der Waals surface area contributed by atoms with Crippen LogP contribution in [0.1, 0.15) is 62.6 Å². The molecule has 0 saturated carbocycles. The van der Waals surface area contributed by atoms with Crippen molar-refractivity contribution in [2.75, 3.05) is 13.2 Å². The Balaban J connectivity index is 2.80. The molecule has 114 valence electrons. The summed E-state index contributed by atoms with van der Waals surface area (Å²) < 4.78 is 1.94. The van der Waals surface area contributed by atoms with Crippen molar-refractivity contribution in [1.29, 1.82) is 0 Å². The first-order chi connectivity index (χ1) is 9.36. The number of carbonyl (C=O) groups excluding carboxylic acids is 1. The number of nitrogens with one attached hydrogen (secondary N) is 1. The Labute approximate surface area is 121 Å². The number of aromatic nitrogens is 2. The predicted octanol–water partition coefficient (Wildman–Crippen LogP) is 2.30. The molecule has 0 radical (unpaired) electrons. The smallest absolute Gasteiger partial charge is 0.254 e. The second kappa shape index (κ2) is 6.88. The van der Waals surface area contributed by atoms with Crippen molar-refractivity contribution >= 4 is 5.91 Å². The Morgan fingerprint density at radius 3 is 2.55 bits per heavy atom. The van der Waals surface area contributed by atoms with Crippen LogP contribution in [0.4, 0.5) is 0 Å². The molecule has 5 heteroatoms. The molecule has 0 saturated heterocycles. The molecule has 1 heterocycles. The molecular weight excluding hydrogens is 254 g/mol. The maximum absolute atomic E-state index is 12.2. The monoisotopic (exact) mass is 281 g/mol. The Kier molecular flexibility index (Phi) is 5.74. The van der Waals surface area contributed by atoms with E-state index < -0.39 is 0 Å². The van der Waals surface area contributed by atoms with E-state index in [1.165, 1.54) is 0 Å². The van der Waals surface area contributed by atoms with Crippen LogP contribution in [0, 0.1) is 12.3 Å². The third kappa shape index (κ3) is 3.82. The molecule has 0 bridgehead atoms. The molecule has 20 heavy (non-hydrogen) atoms. The summed E-state index contributed by atoms with van der Waals surface area (Å²) >= 11 is 0. The lowest BCUT2D eigenvalue weighted by atomic mass is 9.95. The molecule has 0 aliphatic heterocycles. The Bertz CT molecular complexity index is 448. The van der Waals surface area contributed by atoms with Crippen molar-refractivity contribution < 1.29 is 9.90 Å². The number of carbonyl (C=O) groups is 1. The van der Waals surface area contributed by atoms with Gasteiger partial charge < -0.3 is 10.4 Å². The second-order valence-corrected chi connectivity index (χ2v) is 6.06. The lowest BCUT2D eigenvalue weighted by molar-refractivity contribution is 0.0910. The first kappa shape index (κ1) is 16.7. The van der Waals surface area contributed by atoms with E-state index >= 15 is 0 Å². The van der Waals surface area contributed by atoms with E-state index in [9.17, 15) is 9.90 Å². The van der Waals surface area contributed by atoms with Crippen molar-refractivity contribution in [2.45, 2.75) is 53.5 Å². The van der Waals surface area contributed by atoms with Gasteiger partial charge in [0, 0.05) is 24.3 Å². The van der Waals surface area contributed by atoms with Gasteiger partial charge in [0.15, 0.2) is 0 Å². The fraction of sp³-hybridized carbons (Fsp3) is 0.733. The average molecular weight is 281 g/mol. The minimum Gasteiger partial charge on any atom is -0.396 e. The second-order valence-electron chi connectivity index (χ2n) is 6.06. The van der Waals surface area contributed by atoms with E-state index in [-0.39, 0.29) is 17.9 Å². The molecule has 1 aromatic heterocycles. The quantitative estimate of drug-likeness (QED) is 0.806. The topological polar surface area (TPSA) is 67.2 Å². The summed E-state index contributed by atoms with van der Waals surface area (Å²) in [7, 11) is 0. The Morgan fingerprint density at radius 2 is 2.05 bits per heavy atom. The SMILES string of the molecule is CCC(CC)n1ncc(C(=O)NCC(C)(C)CO)c1C. The van der Waals surface area contributed by atoms with Crippen molar-refractivity contribution in [2.24, 2.45) is 5.41 Å². The molecule has 5 nitrogen and oxygen atoms in total. The van der Waals surface area contributed by atoms with Gasteiger partial charge in [-0.2, -0.15) is 5.10 Å². The highest BCUT2D eigenvalue weighted by atomic mass is 16.3. The molecule has 0 fully saturated rings. The van der Waals surface area contributed by atoms with Gasteiger partial charge in [0.1, 0.15) is 0 Å². The molecule has 0 aliphatic carbocycles. The van der Waals surface area contributed by atoms with Gasteiger partial charge in [-0.05, 0) is 19.8 Å². The van der Waals surface area contributed by atoms with Gasteiger partial charge in [-0.3, -0.25) is 9.48 Å². The lowest BCUT2D eigenvalue weighted by Crippen LogP contribution is -2.36. The summed E-state index contributed by atoms with van der Waals surface area (Å²) in [4.78, 5) is 12.2. The largest absolute Gasteiger partial charge is 0.396 e. The van der Waals surface area contributed by atoms with Crippen molar-refractivity contribution in [3.63, 3.8) is 0 Å². The maximum Gasteiger partial charge on any atom is 0.254 e. The van der Waals surface area contributed by atoms with Crippen molar-refractivity contribution in [1.82, 2.24) is 15.1 Å². The molecule has 0 spiro atoms. The molecule has 0 unspecified atom stereocenters. The van der Waals surface area contributed by atoms with Crippen LogP contribution in [0.5, 0.6) is 0 Å². The van der Waals surface area contributed by atoms with Crippen molar-refractivity contribution in [3.8, 4) is 0 Å². The molecule has 2 N–H and O–H groups in total. The number of rotatable bonds is 7. The van der Waals surface area contributed by atoms with Crippen LogP contribution >= 0.6 is 0 Å². The zero-order valence-corrected chi connectivity index (χ0v) is 13.2. The molecule has 0 aromatic carbocycles. The van der Waals surface area contributed by atoms with Gasteiger partial charge in [-0.25, -0.2) is 0 Å². The van der Waals surface area contributed by atoms with Crippen LogP contribution in [0.3, 0.4) is 0 Å². The van der Waals surface area contributed by atoms with Gasteiger partial charge in [0.05, 0.1) is 17.8 Å². The highest BCUT2D eigenvalue weighted by molar-refractivity contribution is 5.95. The fourth-order valence-electron chi connectivity index (χ4n) is 2.12. The fourth-order valence-corrected chi connectivity index (χ4v) is 2.12. The number of aliphatic hydroxyl groups is 1. The number of aliphatic hydroxyl groups excluding tert-OH is 1. The first-order valence-corrected chi connectivity index (χ1v) is 7.29. The summed E-state index contributed by atoms with van der Waals surface area (Å²) in [6.07, 6.45) is 3.63. The standard InChI is InChI=1S/C15H27N3O2/c1-6-12(7-2)18-11(3)13(8-17-18)14(20)16-9-15(4,5)10-19/h8,12,19H,6-7,9-10H2,1-5H3,(H,16,20). The summed E-state index contributed by atoms with van der Waals surface area (Å²) in [5, 5.41) is 16.4. The van der Waals surface area contributed by atoms with Crippen LogP contribution in [0.15, 0.2) is 6.20 Å². The molecule has 1 rings (SSSR count). The number of nitrogens with zero attached hydrogens (tertiary/aromatic N) is 2. The third-order valence-corrected chi connectivity index (χ3v) is 3.73. The molecular formula is C15H27N3O2. The minimum absolute atomic E-state index is 0.0409. The number of hydrogen-bond donors (Lipinski definition) is 2. The third-order valence-electron chi connectivity index (χ3n) is 3.73. The van der Waals surface area contributed by atoms with Crippen molar-refractivity contribution in [3.05, 3.63) is 17.5 Å². The van der Waals surface area contributed by atoms with E-state index in [2.05, 4.69) is 24.3 Å². The van der Waals surface area contributed by atoms with Crippen LogP contribution < -0.4 is 5.32 Å². The van der Waals surface area contributed by atoms with Crippen LogP contribution in [-0.4, -0.2) is 33.9 Å². The van der Waals surface area contributed by atoms with Gasteiger partial charge in [-0.15, -0.1) is 0 Å². The zero-order valence-electron chi connectivity index (χ0n) is 13.2. The first-order valence-electron chi connectivity index (χ1n) is 7.29. The zero-order chi connectivity index (χ0) is 15.3. The lowest BCUT2D eigenvalue weighted by Gasteiger charge is -2.21. The highest BCUT2D eigenvalue weighted by Gasteiger charge is 2.21. The van der Waals surface area contributed by atoms with Gasteiger partial charge >= 0.3 is 0 Å². The van der Waals surface area contributed by atoms with E-state index in [0.717, 1.165) is 18.5 Å². The van der Waals surface area contributed by atoms with Crippen LogP contribution in [-0.2, 0) is 0 Å². The van der Waals surface area contributed by atoms with Crippen LogP contribution in [0.25, 0.3) is 0 Å². The average Bonchev–Trinajstić information content (AvgIpc) is 2.80. The van der Waals surface area contributed by atoms with Crippen LogP contribution in [0.2, 0.25) is 0 Å². The van der Waals surface area contributed by atoms with Gasteiger partial charge in [0.25, 0.3) is 5.91 Å². The molecule has 0 atom stereocenters. The number of hydrogen-bond acceptors (Lipinski definition) is 3. The Morgan fingerprint density at radius 1 is 1.45 bits per heavy atom. The van der Waals surface area contributed by atoms with E-state index in [0.29, 0.717) is 18.2 Å². The number of amides is 1. The molecule has 0 aliphatic rings. The summed E-state index contributed by atoms with van der Waals surface area (Å²) in [6, 6.07) is 0.338. The normalized spacial score (nSPS) is 11.9. The van der Waals surface area contributed by atoms with E-state index in [1.54, 1.807) is 6.20 Å². The minimum atomic E-state index is -0.311. The molecule has 1 aromatic rings. The van der Waals surface area contributed by atoms with Gasteiger partial charge in [-0.1, -0.05) is 27.7 Å². The summed E-state index contributed by atoms with van der Waals surface area (Å²) in [6.45, 7) is 10.5. The van der Waals surface area contributed by atoms with E-state index in [4.69, 9.17) is 0 Å². The predicted molar refractivity (Wildman–Crippen MR) is 79.8 cm³/mol. The van der Waals surface area contributed by atoms with Gasteiger partial charge in [0.2, 0.25) is 0 Å². The van der Waals surface area contributed by atoms with E-state index in [1.807, 2.05) is 25.5 Å².